The second-order valence-corrected chi connectivity index (χ2v) is 5.65. The van der Waals surface area contributed by atoms with Crippen molar-refractivity contribution in [2.75, 3.05) is 13.2 Å². The van der Waals surface area contributed by atoms with Gasteiger partial charge in [0.2, 0.25) is 5.88 Å². The molecule has 7 heteroatoms. The summed E-state index contributed by atoms with van der Waals surface area (Å²) in [6.45, 7) is 5.70. The highest BCUT2D eigenvalue weighted by Crippen LogP contribution is 2.43. The molecule has 138 valence electrons. The molecule has 26 heavy (non-hydrogen) atoms. The van der Waals surface area contributed by atoms with E-state index in [2.05, 4.69) is 0 Å². The quantitative estimate of drug-likeness (QED) is 0.783. The van der Waals surface area contributed by atoms with E-state index in [9.17, 15) is 14.4 Å². The molecule has 0 fully saturated rings. The van der Waals surface area contributed by atoms with E-state index in [1.54, 1.807) is 13.8 Å². The van der Waals surface area contributed by atoms with Gasteiger partial charge >= 0.3 is 5.97 Å². The highest BCUT2D eigenvalue weighted by molar-refractivity contribution is 5.92. The van der Waals surface area contributed by atoms with Crippen LogP contribution in [-0.2, 0) is 14.3 Å². The van der Waals surface area contributed by atoms with Gasteiger partial charge in [-0.3, -0.25) is 0 Å². The lowest BCUT2D eigenvalue weighted by Crippen LogP contribution is -2.26. The van der Waals surface area contributed by atoms with Crippen molar-refractivity contribution < 1.29 is 23.4 Å². The van der Waals surface area contributed by atoms with Crippen molar-refractivity contribution in [3.05, 3.63) is 52.4 Å². The molecule has 0 saturated carbocycles. The maximum atomic E-state index is 14.0. The van der Waals surface area contributed by atoms with Crippen LogP contribution in [0.1, 0.15) is 38.7 Å². The number of rotatable bonds is 6. The van der Waals surface area contributed by atoms with Crippen LogP contribution in [0.15, 0.2) is 41.0 Å². The fraction of sp³-hybridized carbons (Fsp3) is 0.368. The van der Waals surface area contributed by atoms with Crippen LogP contribution in [0, 0.1) is 17.1 Å². The molecule has 1 aliphatic rings. The third kappa shape index (κ3) is 3.80. The summed E-state index contributed by atoms with van der Waals surface area (Å²) in [6, 6.07) is 5.93. The van der Waals surface area contributed by atoms with E-state index >= 15 is 0 Å². The lowest BCUT2D eigenvalue weighted by molar-refractivity contribution is -0.139. The number of hydrogen-bond donors (Lipinski definition) is 1. The third-order valence-electron chi connectivity index (χ3n) is 3.85. The Morgan fingerprint density at radius 3 is 2.77 bits per heavy atom. The number of nitrogens with two attached hydrogens (primary N) is 1. The Bertz CT molecular complexity index is 808. The van der Waals surface area contributed by atoms with Gasteiger partial charge in [-0.25, -0.2) is 9.18 Å². The highest BCUT2D eigenvalue weighted by Gasteiger charge is 2.38. The number of allylic oxidation sites excluding steroid dienone is 2. The third-order valence-corrected chi connectivity index (χ3v) is 3.85. The predicted octanol–water partition coefficient (Wildman–Crippen LogP) is 3.26. The van der Waals surface area contributed by atoms with Gasteiger partial charge < -0.3 is 19.9 Å². The van der Waals surface area contributed by atoms with Gasteiger partial charge in [0.15, 0.2) is 0 Å². The molecule has 1 heterocycles. The molecule has 6 nitrogen and oxygen atoms in total. The van der Waals surface area contributed by atoms with E-state index in [1.165, 1.54) is 18.2 Å². The summed E-state index contributed by atoms with van der Waals surface area (Å²) in [6.07, 6.45) is 0.743. The van der Waals surface area contributed by atoms with Crippen LogP contribution >= 0.6 is 0 Å². The normalized spacial score (nSPS) is 16.8. The minimum atomic E-state index is -0.935. The first-order valence-electron chi connectivity index (χ1n) is 8.32. The molecule has 0 saturated heterocycles. The molecule has 2 rings (SSSR count). The van der Waals surface area contributed by atoms with Crippen LogP contribution in [0.25, 0.3) is 0 Å². The summed E-state index contributed by atoms with van der Waals surface area (Å²) < 4.78 is 30.1. The maximum absolute atomic E-state index is 14.0. The second-order valence-electron chi connectivity index (χ2n) is 5.65. The minimum Gasteiger partial charge on any atom is -0.493 e. The number of nitrogens with zero attached hydrogens (tertiary/aromatic N) is 1. The fourth-order valence-corrected chi connectivity index (χ4v) is 2.75. The number of halogens is 1. The Kier molecular flexibility index (Phi) is 6.23. The highest BCUT2D eigenvalue weighted by atomic mass is 19.1. The summed E-state index contributed by atoms with van der Waals surface area (Å²) in [7, 11) is 0. The van der Waals surface area contributed by atoms with Crippen molar-refractivity contribution in [3.8, 4) is 11.8 Å². The first-order valence-corrected chi connectivity index (χ1v) is 8.32. The standard InChI is InChI=1S/C19H21FN2O4/c1-4-8-25-15-7-6-12(20)9-13(15)17-14(10-21)18(22)26-11(3)16(17)19(23)24-5-2/h6-7,9,17H,4-5,8,22H2,1-3H3. The monoisotopic (exact) mass is 360 g/mol. The molecule has 1 atom stereocenters. The second kappa shape index (κ2) is 8.39. The van der Waals surface area contributed by atoms with E-state index in [0.29, 0.717) is 17.9 Å². The van der Waals surface area contributed by atoms with Crippen molar-refractivity contribution >= 4 is 5.97 Å². The van der Waals surface area contributed by atoms with Gasteiger partial charge in [0.05, 0.1) is 24.7 Å². The van der Waals surface area contributed by atoms with Gasteiger partial charge in [0.1, 0.15) is 29.0 Å². The van der Waals surface area contributed by atoms with Gasteiger partial charge in [-0.1, -0.05) is 6.92 Å². The van der Waals surface area contributed by atoms with Crippen LogP contribution < -0.4 is 10.5 Å². The predicted molar refractivity (Wildman–Crippen MR) is 92.2 cm³/mol. The molecule has 0 aliphatic carbocycles. The van der Waals surface area contributed by atoms with Crippen LogP contribution in [-0.4, -0.2) is 19.2 Å². The van der Waals surface area contributed by atoms with Gasteiger partial charge in [-0.2, -0.15) is 5.26 Å². The van der Waals surface area contributed by atoms with Crippen molar-refractivity contribution in [1.29, 1.82) is 5.26 Å². The van der Waals surface area contributed by atoms with Crippen molar-refractivity contribution in [2.45, 2.75) is 33.1 Å². The molecule has 2 N–H and O–H groups in total. The number of carbonyl (C=O) groups is 1. The molecule has 1 aromatic carbocycles. The minimum absolute atomic E-state index is 0.00519. The molecular weight excluding hydrogens is 339 g/mol. The number of hydrogen-bond acceptors (Lipinski definition) is 6. The Morgan fingerprint density at radius 2 is 2.15 bits per heavy atom. The summed E-state index contributed by atoms with van der Waals surface area (Å²) in [5.74, 6) is -1.66. The first-order chi connectivity index (χ1) is 12.4. The smallest absolute Gasteiger partial charge is 0.338 e. The number of nitriles is 1. The van der Waals surface area contributed by atoms with E-state index in [4.69, 9.17) is 19.9 Å². The largest absolute Gasteiger partial charge is 0.493 e. The number of carbonyl (C=O) groups excluding carboxylic acids is 1. The van der Waals surface area contributed by atoms with Gasteiger partial charge in [0.25, 0.3) is 0 Å². The van der Waals surface area contributed by atoms with E-state index in [0.717, 1.165) is 6.42 Å². The van der Waals surface area contributed by atoms with E-state index < -0.39 is 17.7 Å². The van der Waals surface area contributed by atoms with Crippen LogP contribution in [0.2, 0.25) is 0 Å². The zero-order chi connectivity index (χ0) is 19.3. The van der Waals surface area contributed by atoms with Crippen LogP contribution in [0.3, 0.4) is 0 Å². The van der Waals surface area contributed by atoms with Crippen molar-refractivity contribution in [1.82, 2.24) is 0 Å². The molecule has 0 spiro atoms. The molecule has 1 unspecified atom stereocenters. The number of esters is 1. The van der Waals surface area contributed by atoms with Gasteiger partial charge in [-0.15, -0.1) is 0 Å². The SMILES string of the molecule is CCCOc1ccc(F)cc1C1C(C#N)=C(N)OC(C)=C1C(=O)OCC. The average Bonchev–Trinajstić information content (AvgIpc) is 2.60. The van der Waals surface area contributed by atoms with E-state index in [1.807, 2.05) is 13.0 Å². The fourth-order valence-electron chi connectivity index (χ4n) is 2.75. The molecular formula is C19H21FN2O4. The number of ether oxygens (including phenoxy) is 3. The molecule has 0 aromatic heterocycles. The first kappa shape index (κ1) is 19.3. The van der Waals surface area contributed by atoms with Crippen LogP contribution in [0.4, 0.5) is 4.39 Å². The summed E-state index contributed by atoms with van der Waals surface area (Å²) in [5, 5.41) is 9.57. The number of benzene rings is 1. The van der Waals surface area contributed by atoms with Gasteiger partial charge in [0, 0.05) is 5.56 Å². The lowest BCUT2D eigenvalue weighted by Gasteiger charge is -2.28. The molecule has 1 aromatic rings. The lowest BCUT2D eigenvalue weighted by atomic mass is 9.82. The Balaban J connectivity index is 2.67. The summed E-state index contributed by atoms with van der Waals surface area (Å²) >= 11 is 0. The molecule has 1 aliphatic heterocycles. The molecule has 0 amide bonds. The maximum Gasteiger partial charge on any atom is 0.338 e. The van der Waals surface area contributed by atoms with Crippen molar-refractivity contribution in [2.24, 2.45) is 5.73 Å². The average molecular weight is 360 g/mol. The Labute approximate surface area is 151 Å². The topological polar surface area (TPSA) is 94.6 Å². The van der Waals surface area contributed by atoms with Gasteiger partial charge in [-0.05, 0) is 38.5 Å². The molecule has 0 radical (unpaired) electrons. The Hall–Kier alpha value is -3.01. The zero-order valence-electron chi connectivity index (χ0n) is 15.0. The van der Waals surface area contributed by atoms with E-state index in [-0.39, 0.29) is 29.4 Å². The summed E-state index contributed by atoms with van der Waals surface area (Å²) in [4.78, 5) is 12.5. The zero-order valence-corrected chi connectivity index (χ0v) is 15.0. The Morgan fingerprint density at radius 1 is 1.42 bits per heavy atom. The van der Waals surface area contributed by atoms with Crippen molar-refractivity contribution in [3.63, 3.8) is 0 Å². The molecule has 0 bridgehead atoms. The summed E-state index contributed by atoms with van der Waals surface area (Å²) in [5.41, 5.74) is 6.28. The van der Waals surface area contributed by atoms with Crippen LogP contribution in [0.5, 0.6) is 5.75 Å².